The molecule has 0 saturated carbocycles. The number of esters is 2. The molecule has 11 heteroatoms. The highest BCUT2D eigenvalue weighted by Gasteiger charge is 2.65. The Morgan fingerprint density at radius 2 is 1.82 bits per heavy atom. The molecule has 2 N–H and O–H groups in total. The first-order chi connectivity index (χ1) is 15.8. The number of ether oxygens (including phenoxy) is 4. The van der Waals surface area contributed by atoms with Gasteiger partial charge in [0.05, 0.1) is 19.4 Å². The lowest BCUT2D eigenvalue weighted by atomic mass is 9.67. The van der Waals surface area contributed by atoms with Gasteiger partial charge in [-0.15, -0.1) is 0 Å². The Morgan fingerprint density at radius 3 is 2.38 bits per heavy atom. The van der Waals surface area contributed by atoms with Gasteiger partial charge in [-0.1, -0.05) is 15.9 Å². The van der Waals surface area contributed by atoms with Crippen LogP contribution in [0.4, 0.5) is 10.5 Å². The van der Waals surface area contributed by atoms with E-state index in [9.17, 15) is 19.2 Å². The molecular formula is C23H25BrN2O8. The third kappa shape index (κ3) is 3.83. The summed E-state index contributed by atoms with van der Waals surface area (Å²) in [7, 11) is 1.10. The normalized spacial score (nSPS) is 19.7. The van der Waals surface area contributed by atoms with E-state index >= 15 is 0 Å². The summed E-state index contributed by atoms with van der Waals surface area (Å²) in [6, 6.07) is 4.61. The van der Waals surface area contributed by atoms with Crippen molar-refractivity contribution in [2.24, 2.45) is 5.73 Å². The fourth-order valence-electron chi connectivity index (χ4n) is 4.07. The van der Waals surface area contributed by atoms with E-state index < -0.39 is 46.4 Å². The van der Waals surface area contributed by atoms with Crippen LogP contribution in [-0.2, 0) is 38.7 Å². The molecule has 10 nitrogen and oxygen atoms in total. The van der Waals surface area contributed by atoms with Crippen LogP contribution in [0, 0.1) is 0 Å². The maximum Gasteiger partial charge on any atom is 0.421 e. The molecule has 0 fully saturated rings. The average Bonchev–Trinajstić information content (AvgIpc) is 2.94. The Labute approximate surface area is 204 Å². The van der Waals surface area contributed by atoms with Crippen molar-refractivity contribution in [1.29, 1.82) is 0 Å². The molecule has 2 aliphatic rings. The number of nitrogens with zero attached hydrogens (tertiary/aromatic N) is 1. The smallest absolute Gasteiger partial charge is 0.421 e. The maximum atomic E-state index is 14.2. The number of imide groups is 1. The van der Waals surface area contributed by atoms with Crippen molar-refractivity contribution < 1.29 is 38.1 Å². The molecule has 0 radical (unpaired) electrons. The van der Waals surface area contributed by atoms with Crippen LogP contribution in [0.2, 0.25) is 0 Å². The minimum atomic E-state index is -2.19. The molecule has 0 saturated heterocycles. The molecule has 1 spiro atoms. The van der Waals surface area contributed by atoms with Gasteiger partial charge in [0.1, 0.15) is 27.9 Å². The van der Waals surface area contributed by atoms with E-state index in [2.05, 4.69) is 15.9 Å². The van der Waals surface area contributed by atoms with Gasteiger partial charge < -0.3 is 24.7 Å². The summed E-state index contributed by atoms with van der Waals surface area (Å²) < 4.78 is 21.6. The summed E-state index contributed by atoms with van der Waals surface area (Å²) >= 11 is 3.36. The first kappa shape index (κ1) is 25.3. The van der Waals surface area contributed by atoms with E-state index in [1.54, 1.807) is 33.8 Å². The number of fused-ring (bicyclic) bond motifs is 2. The summed E-state index contributed by atoms with van der Waals surface area (Å²) in [6.07, 6.45) is -0.983. The molecule has 2 aliphatic heterocycles. The zero-order valence-corrected chi connectivity index (χ0v) is 21.2. The summed E-state index contributed by atoms with van der Waals surface area (Å²) in [6.45, 7) is 7.93. The number of hydrogen-bond acceptors (Lipinski definition) is 9. The minimum absolute atomic E-state index is 0.0137. The van der Waals surface area contributed by atoms with Crippen LogP contribution >= 0.6 is 15.9 Å². The molecule has 1 unspecified atom stereocenters. The van der Waals surface area contributed by atoms with E-state index in [-0.39, 0.29) is 29.2 Å². The Kier molecular flexibility index (Phi) is 6.53. The molecule has 0 aliphatic carbocycles. The van der Waals surface area contributed by atoms with Gasteiger partial charge in [-0.25, -0.2) is 19.3 Å². The molecule has 1 aromatic carbocycles. The first-order valence-electron chi connectivity index (χ1n) is 10.3. The van der Waals surface area contributed by atoms with Gasteiger partial charge in [0.15, 0.2) is 0 Å². The number of allylic oxidation sites excluding steroid dienone is 1. The van der Waals surface area contributed by atoms with E-state index in [0.29, 0.717) is 4.47 Å². The third-order valence-electron chi connectivity index (χ3n) is 5.18. The molecule has 3 rings (SSSR count). The Bertz CT molecular complexity index is 1160. The number of halogens is 1. The highest BCUT2D eigenvalue weighted by atomic mass is 79.9. The van der Waals surface area contributed by atoms with Crippen LogP contribution in [0.5, 0.6) is 0 Å². The van der Waals surface area contributed by atoms with Gasteiger partial charge in [0, 0.05) is 10.0 Å². The quantitative estimate of drug-likeness (QED) is 0.456. The second-order valence-corrected chi connectivity index (χ2v) is 9.43. The zero-order valence-electron chi connectivity index (χ0n) is 19.6. The van der Waals surface area contributed by atoms with Gasteiger partial charge in [-0.3, -0.25) is 4.79 Å². The Morgan fingerprint density at radius 1 is 1.18 bits per heavy atom. The molecule has 1 aromatic rings. The fraction of sp³-hybridized carbons (Fsp3) is 0.391. The first-order valence-corrected chi connectivity index (χ1v) is 11.1. The third-order valence-corrected chi connectivity index (χ3v) is 5.68. The number of benzene rings is 1. The van der Waals surface area contributed by atoms with Crippen LogP contribution in [0.1, 0.15) is 40.2 Å². The highest BCUT2D eigenvalue weighted by molar-refractivity contribution is 9.10. The SMILES string of the molecule is CCOC(=O)N1C(=O)C2(C(C(=O)OC(C)(C)C)=C(C)OC(N)=C2C(=O)OC)c2cc(Br)ccc21. The van der Waals surface area contributed by atoms with Crippen molar-refractivity contribution >= 4 is 45.6 Å². The number of hydrogen-bond donors (Lipinski definition) is 1. The Hall–Kier alpha value is -3.34. The number of rotatable bonds is 3. The molecular weight excluding hydrogens is 512 g/mol. The van der Waals surface area contributed by atoms with Gasteiger partial charge in [-0.2, -0.15) is 0 Å². The van der Waals surface area contributed by atoms with Crippen molar-refractivity contribution in [3.05, 3.63) is 51.0 Å². The maximum absolute atomic E-state index is 14.2. The lowest BCUT2D eigenvalue weighted by Gasteiger charge is -2.36. The van der Waals surface area contributed by atoms with Crippen LogP contribution in [0.3, 0.4) is 0 Å². The van der Waals surface area contributed by atoms with E-state index in [4.69, 9.17) is 24.7 Å². The van der Waals surface area contributed by atoms with Crippen molar-refractivity contribution in [1.82, 2.24) is 0 Å². The minimum Gasteiger partial charge on any atom is -0.465 e. The van der Waals surface area contributed by atoms with Crippen molar-refractivity contribution in [2.45, 2.75) is 45.6 Å². The number of amides is 2. The molecule has 2 amide bonds. The van der Waals surface area contributed by atoms with Crippen molar-refractivity contribution in [2.75, 3.05) is 18.6 Å². The van der Waals surface area contributed by atoms with E-state index in [1.807, 2.05) is 0 Å². The molecule has 34 heavy (non-hydrogen) atoms. The molecule has 0 aromatic heterocycles. The number of anilines is 1. The van der Waals surface area contributed by atoms with Crippen molar-refractivity contribution in [3.63, 3.8) is 0 Å². The van der Waals surface area contributed by atoms with E-state index in [0.717, 1.165) is 12.0 Å². The fourth-order valence-corrected chi connectivity index (χ4v) is 4.43. The van der Waals surface area contributed by atoms with Crippen molar-refractivity contribution in [3.8, 4) is 0 Å². The van der Waals surface area contributed by atoms with Gasteiger partial charge >= 0.3 is 18.0 Å². The lowest BCUT2D eigenvalue weighted by molar-refractivity contribution is -0.152. The topological polar surface area (TPSA) is 134 Å². The van der Waals surface area contributed by atoms with Gasteiger partial charge in [0.2, 0.25) is 5.88 Å². The average molecular weight is 537 g/mol. The molecule has 182 valence electrons. The zero-order chi connectivity index (χ0) is 25.6. The van der Waals surface area contributed by atoms with Gasteiger partial charge in [0.25, 0.3) is 5.91 Å². The number of carbonyl (C=O) groups is 4. The largest absolute Gasteiger partial charge is 0.465 e. The highest BCUT2D eigenvalue weighted by Crippen LogP contribution is 2.55. The van der Waals surface area contributed by atoms with Gasteiger partial charge in [-0.05, 0) is 52.8 Å². The summed E-state index contributed by atoms with van der Waals surface area (Å²) in [5, 5.41) is 0. The number of methoxy groups -OCH3 is 1. The van der Waals surface area contributed by atoms with Crippen LogP contribution in [0.25, 0.3) is 0 Å². The van der Waals surface area contributed by atoms with E-state index in [1.165, 1.54) is 19.1 Å². The molecule has 0 bridgehead atoms. The second kappa shape index (κ2) is 8.79. The molecule has 1 atom stereocenters. The predicted molar refractivity (Wildman–Crippen MR) is 123 cm³/mol. The van der Waals surface area contributed by atoms with Crippen LogP contribution in [-0.4, -0.2) is 43.3 Å². The lowest BCUT2D eigenvalue weighted by Crippen LogP contribution is -2.52. The molecule has 2 heterocycles. The number of carbonyl (C=O) groups excluding carboxylic acids is 4. The summed E-state index contributed by atoms with van der Waals surface area (Å²) in [5.74, 6) is -3.41. The summed E-state index contributed by atoms with van der Waals surface area (Å²) in [4.78, 5) is 54.4. The monoisotopic (exact) mass is 536 g/mol. The second-order valence-electron chi connectivity index (χ2n) is 8.52. The predicted octanol–water partition coefficient (Wildman–Crippen LogP) is 3.18. The standard InChI is InChI=1S/C23H25BrN2O8/c1-7-32-21(30)26-14-9-8-12(24)10-13(14)23(20(26)29)15(19(28)34-22(3,4)5)11(2)33-17(25)16(23)18(27)31-6/h8-10H,7,25H2,1-6H3. The number of nitrogens with two attached hydrogens (primary N) is 1. The summed E-state index contributed by atoms with van der Waals surface area (Å²) in [5.41, 5.74) is 2.46. The van der Waals surface area contributed by atoms with Crippen LogP contribution < -0.4 is 10.6 Å². The Balaban J connectivity index is 2.47. The van der Waals surface area contributed by atoms with Crippen LogP contribution in [0.15, 0.2) is 45.5 Å².